The Morgan fingerprint density at radius 2 is 1.96 bits per heavy atom. The second-order valence-electron chi connectivity index (χ2n) is 8.40. The molecule has 2 rings (SSSR count). The van der Waals surface area contributed by atoms with E-state index < -0.39 is 0 Å². The quantitative estimate of drug-likeness (QED) is 0.389. The summed E-state index contributed by atoms with van der Waals surface area (Å²) in [6, 6.07) is 0.344. The lowest BCUT2D eigenvalue weighted by atomic mass is 9.80. The Bertz CT molecular complexity index is 527. The molecule has 0 radical (unpaired) electrons. The van der Waals surface area contributed by atoms with Crippen molar-refractivity contribution in [3.05, 3.63) is 22.8 Å². The van der Waals surface area contributed by atoms with Gasteiger partial charge in [0.1, 0.15) is 0 Å². The van der Waals surface area contributed by atoms with Crippen LogP contribution in [0.3, 0.4) is 0 Å². The van der Waals surface area contributed by atoms with Crippen molar-refractivity contribution >= 4 is 0 Å². The summed E-state index contributed by atoms with van der Waals surface area (Å²) in [6.07, 6.45) is 19.7. The Hall–Kier alpha value is -1.00. The molecule has 140 valence electrons. The van der Waals surface area contributed by atoms with Crippen molar-refractivity contribution in [2.75, 3.05) is 0 Å². The van der Waals surface area contributed by atoms with E-state index in [1.807, 2.05) is 0 Å². The van der Waals surface area contributed by atoms with Crippen LogP contribution in [0, 0.1) is 36.0 Å². The number of nitrogens with two attached hydrogens (primary N) is 1. The zero-order valence-corrected chi connectivity index (χ0v) is 17.0. The average molecular weight is 342 g/mol. The van der Waals surface area contributed by atoms with Crippen LogP contribution in [-0.4, -0.2) is 6.04 Å². The number of hydrogen-bond acceptors (Lipinski definition) is 1. The van der Waals surface area contributed by atoms with Crippen molar-refractivity contribution in [3.63, 3.8) is 0 Å². The van der Waals surface area contributed by atoms with E-state index in [4.69, 9.17) is 12.2 Å². The van der Waals surface area contributed by atoms with Gasteiger partial charge in [-0.2, -0.15) is 0 Å². The van der Waals surface area contributed by atoms with Crippen LogP contribution in [0.25, 0.3) is 0 Å². The Labute approximate surface area is 156 Å². The zero-order valence-electron chi connectivity index (χ0n) is 17.0. The molecule has 0 aromatic carbocycles. The fraction of sp³-hybridized carbons (Fsp3) is 0.750. The fourth-order valence-electron chi connectivity index (χ4n) is 4.94. The highest BCUT2D eigenvalue weighted by molar-refractivity contribution is 5.54. The van der Waals surface area contributed by atoms with Crippen LogP contribution in [0.5, 0.6) is 0 Å². The van der Waals surface area contributed by atoms with Gasteiger partial charge >= 0.3 is 0 Å². The fourth-order valence-corrected chi connectivity index (χ4v) is 4.94. The molecule has 4 unspecified atom stereocenters. The summed E-state index contributed by atoms with van der Waals surface area (Å²) in [4.78, 5) is 0. The van der Waals surface area contributed by atoms with Gasteiger partial charge in [-0.05, 0) is 62.4 Å². The van der Waals surface area contributed by atoms with Crippen molar-refractivity contribution in [3.8, 4) is 12.3 Å². The van der Waals surface area contributed by atoms with Crippen molar-refractivity contribution in [1.82, 2.24) is 0 Å². The molecule has 0 aromatic heterocycles. The van der Waals surface area contributed by atoms with Gasteiger partial charge in [-0.3, -0.25) is 0 Å². The van der Waals surface area contributed by atoms with Gasteiger partial charge in [-0.1, -0.05) is 64.0 Å². The minimum Gasteiger partial charge on any atom is -0.327 e. The van der Waals surface area contributed by atoms with Crippen molar-refractivity contribution in [2.24, 2.45) is 29.4 Å². The van der Waals surface area contributed by atoms with Crippen molar-refractivity contribution in [1.29, 1.82) is 0 Å². The normalized spacial score (nSPS) is 25.4. The third-order valence-electron chi connectivity index (χ3n) is 6.81. The monoisotopic (exact) mass is 341 g/mol. The van der Waals surface area contributed by atoms with Gasteiger partial charge in [0.15, 0.2) is 0 Å². The Morgan fingerprint density at radius 1 is 1.28 bits per heavy atom. The summed E-state index contributed by atoms with van der Waals surface area (Å²) in [5.41, 5.74) is 10.9. The summed E-state index contributed by atoms with van der Waals surface area (Å²) in [5, 5.41) is 0. The van der Waals surface area contributed by atoms with Crippen LogP contribution in [0.2, 0.25) is 0 Å². The first-order valence-corrected chi connectivity index (χ1v) is 10.7. The van der Waals surface area contributed by atoms with Gasteiger partial charge in [0.25, 0.3) is 0 Å². The highest BCUT2D eigenvalue weighted by Gasteiger charge is 2.40. The van der Waals surface area contributed by atoms with Gasteiger partial charge in [0.05, 0.1) is 0 Å². The van der Waals surface area contributed by atoms with E-state index in [1.165, 1.54) is 62.5 Å². The second-order valence-corrected chi connectivity index (χ2v) is 8.40. The maximum atomic E-state index is 6.50. The summed E-state index contributed by atoms with van der Waals surface area (Å²) in [6.45, 7) is 9.25. The van der Waals surface area contributed by atoms with E-state index in [0.29, 0.717) is 23.8 Å². The van der Waals surface area contributed by atoms with Gasteiger partial charge in [0.2, 0.25) is 0 Å². The molecule has 1 saturated carbocycles. The molecule has 2 aliphatic rings. The Balaban J connectivity index is 1.96. The maximum absolute atomic E-state index is 6.50. The van der Waals surface area contributed by atoms with Gasteiger partial charge in [-0.25, -0.2) is 0 Å². The summed E-state index contributed by atoms with van der Waals surface area (Å²) in [5.74, 6) is 5.50. The van der Waals surface area contributed by atoms with Gasteiger partial charge < -0.3 is 5.73 Å². The molecule has 1 nitrogen and oxygen atoms in total. The standard InChI is InChI=1S/C24H39N/c1-6-12-22-21(8-3)24(22)20(7-2)18(5)17(4)15-16-23(25)19-13-10-9-11-14-19/h3,15,18-20,22-23H,6-7,9-14,16,25H2,1-2,4-5H3/b17-15-. The molecule has 25 heavy (non-hydrogen) atoms. The molecule has 0 saturated heterocycles. The van der Waals surface area contributed by atoms with Crippen molar-refractivity contribution in [2.45, 2.75) is 91.5 Å². The molecule has 1 heteroatoms. The number of hydrogen-bond donors (Lipinski definition) is 1. The topological polar surface area (TPSA) is 26.0 Å². The molecule has 0 aromatic rings. The average Bonchev–Trinajstić information content (AvgIpc) is 3.33. The first-order valence-electron chi connectivity index (χ1n) is 10.7. The minimum absolute atomic E-state index is 0.344. The van der Waals surface area contributed by atoms with Crippen LogP contribution in [0.15, 0.2) is 22.8 Å². The molecule has 2 aliphatic carbocycles. The van der Waals surface area contributed by atoms with E-state index >= 15 is 0 Å². The number of allylic oxidation sites excluding steroid dienone is 3. The van der Waals surface area contributed by atoms with E-state index in [9.17, 15) is 0 Å². The predicted octanol–water partition coefficient (Wildman–Crippen LogP) is 6.25. The first kappa shape index (κ1) is 20.3. The van der Waals surface area contributed by atoms with Crippen LogP contribution in [0.4, 0.5) is 0 Å². The Morgan fingerprint density at radius 3 is 2.52 bits per heavy atom. The summed E-state index contributed by atoms with van der Waals surface area (Å²) < 4.78 is 0. The molecule has 4 atom stereocenters. The minimum atomic E-state index is 0.344. The number of rotatable bonds is 9. The lowest BCUT2D eigenvalue weighted by molar-refractivity contribution is 0.305. The SMILES string of the molecule is C#CC1=C(C(CC)C(C)/C(C)=C\CC(N)C2CCCCC2)C1CCC. The molecular formula is C24H39N. The predicted molar refractivity (Wildman–Crippen MR) is 110 cm³/mol. The van der Waals surface area contributed by atoms with Crippen LogP contribution >= 0.6 is 0 Å². The maximum Gasteiger partial charge on any atom is 0.0143 e. The molecule has 2 N–H and O–H groups in total. The van der Waals surface area contributed by atoms with Crippen LogP contribution in [0.1, 0.15) is 85.5 Å². The Kier molecular flexibility index (Phi) is 7.82. The molecule has 0 aliphatic heterocycles. The molecular weight excluding hydrogens is 302 g/mol. The molecule has 0 bridgehead atoms. The van der Waals surface area contributed by atoms with E-state index in [1.54, 1.807) is 5.57 Å². The first-order chi connectivity index (χ1) is 12.0. The summed E-state index contributed by atoms with van der Waals surface area (Å²) >= 11 is 0. The third-order valence-corrected chi connectivity index (χ3v) is 6.81. The zero-order chi connectivity index (χ0) is 18.4. The van der Waals surface area contributed by atoms with E-state index in [-0.39, 0.29) is 0 Å². The summed E-state index contributed by atoms with van der Waals surface area (Å²) in [7, 11) is 0. The highest BCUT2D eigenvalue weighted by atomic mass is 14.6. The lowest BCUT2D eigenvalue weighted by Crippen LogP contribution is -2.31. The van der Waals surface area contributed by atoms with Gasteiger partial charge in [0, 0.05) is 17.5 Å². The highest BCUT2D eigenvalue weighted by Crippen LogP contribution is 2.51. The van der Waals surface area contributed by atoms with Crippen LogP contribution in [-0.2, 0) is 0 Å². The van der Waals surface area contributed by atoms with Crippen molar-refractivity contribution < 1.29 is 0 Å². The van der Waals surface area contributed by atoms with Gasteiger partial charge in [-0.15, -0.1) is 6.42 Å². The lowest BCUT2D eigenvalue weighted by Gasteiger charge is -2.27. The number of terminal acetylenes is 1. The molecule has 0 spiro atoms. The molecule has 0 heterocycles. The molecule has 0 amide bonds. The van der Waals surface area contributed by atoms with E-state index in [2.05, 4.69) is 39.7 Å². The van der Waals surface area contributed by atoms with E-state index in [0.717, 1.165) is 12.3 Å². The smallest absolute Gasteiger partial charge is 0.0143 e. The largest absolute Gasteiger partial charge is 0.327 e. The second kappa shape index (κ2) is 9.63. The third kappa shape index (κ3) is 5.01. The molecule has 1 fully saturated rings. The van der Waals surface area contributed by atoms with Crippen LogP contribution < -0.4 is 5.73 Å².